The van der Waals surface area contributed by atoms with Gasteiger partial charge in [0.1, 0.15) is 5.82 Å². The summed E-state index contributed by atoms with van der Waals surface area (Å²) < 4.78 is 40.6. The van der Waals surface area contributed by atoms with Gasteiger partial charge in [0.2, 0.25) is 11.2 Å². The Morgan fingerprint density at radius 1 is 0.788 bits per heavy atom. The summed E-state index contributed by atoms with van der Waals surface area (Å²) in [4.78, 5) is 30.3. The summed E-state index contributed by atoms with van der Waals surface area (Å²) in [6, 6.07) is 16.2. The Kier molecular flexibility index (Phi) is 6.28. The van der Waals surface area contributed by atoms with Crippen LogP contribution in [0.5, 0.6) is 5.75 Å². The normalized spacial score (nSPS) is 13.0. The number of hydrogen-bond acceptors (Lipinski definition) is 5. The third kappa shape index (κ3) is 4.65. The van der Waals surface area contributed by atoms with Crippen LogP contribution in [0.2, 0.25) is 0 Å². The van der Waals surface area contributed by atoms with Gasteiger partial charge >= 0.3 is 0 Å². The maximum Gasteiger partial charge on any atom is 0.271 e. The average molecular weight is 452 g/mol. The van der Waals surface area contributed by atoms with Gasteiger partial charge in [-0.05, 0) is 54.4 Å². The molecule has 4 aromatic carbocycles. The van der Waals surface area contributed by atoms with Crippen LogP contribution in [0, 0.1) is 17.5 Å². The highest BCUT2D eigenvalue weighted by Crippen LogP contribution is 2.30. The first kappa shape index (κ1) is 22.3. The van der Waals surface area contributed by atoms with Crippen LogP contribution < -0.4 is 26.5 Å². The van der Waals surface area contributed by atoms with Crippen LogP contribution in [0.1, 0.15) is 35.7 Å². The molecule has 0 heterocycles. The Labute approximate surface area is 187 Å². The topological polar surface area (TPSA) is 67.4 Å². The van der Waals surface area contributed by atoms with Gasteiger partial charge in [-0.3, -0.25) is 14.9 Å². The van der Waals surface area contributed by atoms with E-state index in [0.29, 0.717) is 16.8 Å². The molecule has 4 aromatic rings. The van der Waals surface area contributed by atoms with Gasteiger partial charge in [0, 0.05) is 6.04 Å². The maximum absolute atomic E-state index is 13.7. The summed E-state index contributed by atoms with van der Waals surface area (Å²) in [5.74, 6) is -2.64. The van der Waals surface area contributed by atoms with Crippen LogP contribution in [0.4, 0.5) is 18.9 Å². The first-order valence-corrected chi connectivity index (χ1v) is 10.1. The summed E-state index contributed by atoms with van der Waals surface area (Å²) in [5, 5.41) is 3.15. The number of hydrogen-bond donors (Lipinski definition) is 2. The quantitative estimate of drug-likeness (QED) is 0.303. The van der Waals surface area contributed by atoms with Gasteiger partial charge in [-0.2, -0.15) is 0 Å². The zero-order valence-electron chi connectivity index (χ0n) is 17.4. The molecule has 0 aliphatic carbocycles. The van der Waals surface area contributed by atoms with Gasteiger partial charge < -0.3 is 4.84 Å². The van der Waals surface area contributed by atoms with E-state index < -0.39 is 40.4 Å². The second-order valence-electron chi connectivity index (χ2n) is 7.52. The average Bonchev–Trinajstić information content (AvgIpc) is 2.83. The molecule has 1 unspecified atom stereocenters. The molecule has 0 aromatic heterocycles. The van der Waals surface area contributed by atoms with E-state index in [0.717, 1.165) is 12.1 Å². The minimum absolute atomic E-state index is 0.0458. The van der Waals surface area contributed by atoms with Crippen LogP contribution in [0.25, 0.3) is 0 Å². The Morgan fingerprint density at radius 2 is 1.45 bits per heavy atom. The van der Waals surface area contributed by atoms with Crippen molar-refractivity contribution < 1.29 is 18.0 Å². The first-order chi connectivity index (χ1) is 15.8. The van der Waals surface area contributed by atoms with E-state index in [9.17, 15) is 22.8 Å². The number of rotatable bonds is 8. The fourth-order valence-corrected chi connectivity index (χ4v) is 3.50. The van der Waals surface area contributed by atoms with Crippen molar-refractivity contribution in [2.45, 2.75) is 19.0 Å². The molecule has 2 atom stereocenters. The zero-order valence-corrected chi connectivity index (χ0v) is 17.4. The van der Waals surface area contributed by atoms with E-state index in [1.54, 1.807) is 31.2 Å². The predicted molar refractivity (Wildman–Crippen MR) is 118 cm³/mol. The van der Waals surface area contributed by atoms with Gasteiger partial charge in [0.15, 0.2) is 11.6 Å². The van der Waals surface area contributed by atoms with Crippen molar-refractivity contribution in [1.82, 2.24) is 5.32 Å². The molecule has 0 fully saturated rings. The lowest BCUT2D eigenvalue weighted by Crippen LogP contribution is -2.43. The van der Waals surface area contributed by atoms with Gasteiger partial charge in [-0.1, -0.05) is 36.4 Å². The summed E-state index contributed by atoms with van der Waals surface area (Å²) in [6.45, 7) is 1.69. The molecule has 0 bridgehead atoms. The lowest BCUT2D eigenvalue weighted by Gasteiger charge is -2.26. The number of benzene rings is 3. The molecule has 5 nitrogen and oxygen atoms in total. The van der Waals surface area contributed by atoms with E-state index in [1.807, 2.05) is 6.07 Å². The lowest BCUT2D eigenvalue weighted by atomic mass is 9.92. The van der Waals surface area contributed by atoms with Crippen molar-refractivity contribution in [3.63, 3.8) is 0 Å². The predicted octanol–water partition coefficient (Wildman–Crippen LogP) is 4.55. The van der Waals surface area contributed by atoms with Gasteiger partial charge in [0.25, 0.3) is 5.43 Å². The highest BCUT2D eigenvalue weighted by Gasteiger charge is 2.32. The summed E-state index contributed by atoms with van der Waals surface area (Å²) in [6.07, 6.45) is 0. The van der Waals surface area contributed by atoms with Gasteiger partial charge in [-0.25, -0.2) is 18.7 Å². The molecule has 0 saturated heterocycles. The Balaban J connectivity index is 1.68. The third-order valence-electron chi connectivity index (χ3n) is 5.30. The maximum atomic E-state index is 13.7. The summed E-state index contributed by atoms with van der Waals surface area (Å²) in [7, 11) is 0. The molecule has 0 aliphatic rings. The zero-order chi connectivity index (χ0) is 23.5. The first-order valence-electron chi connectivity index (χ1n) is 10.1. The number of nitrogens with one attached hydrogen (secondary N) is 2. The molecule has 0 radical (unpaired) electrons. The monoisotopic (exact) mass is 452 g/mol. The molecule has 4 rings (SSSR count). The molecular weight excluding hydrogens is 433 g/mol. The largest absolute Gasteiger partial charge is 0.377 e. The van der Waals surface area contributed by atoms with Crippen molar-refractivity contribution in [1.29, 1.82) is 0 Å². The minimum atomic E-state index is -1.01. The number of halogens is 3. The van der Waals surface area contributed by atoms with Crippen LogP contribution >= 0.6 is 0 Å². The smallest absolute Gasteiger partial charge is 0.271 e. The fraction of sp³-hybridized carbons (Fsp3) is 0.120. The molecule has 2 N–H and O–H groups in total. The highest BCUT2D eigenvalue weighted by atomic mass is 19.2. The fourth-order valence-electron chi connectivity index (χ4n) is 3.50. The van der Waals surface area contributed by atoms with Crippen LogP contribution in [0.3, 0.4) is 0 Å². The van der Waals surface area contributed by atoms with E-state index in [2.05, 4.69) is 10.8 Å². The van der Waals surface area contributed by atoms with Crippen molar-refractivity contribution >= 4 is 5.69 Å². The lowest BCUT2D eigenvalue weighted by molar-refractivity contribution is 0.379. The standard InChI is InChI=1S/C25H19F3N2O3/c1-14(16-9-12-19(27)20(28)13-16)29-22(15-7-10-17(26)11-8-15)21-23(31)24(32)25(21)33-30-18-5-3-2-4-6-18/h2-14,22,29-30H,1H3/t14-,22?/m1/s1. The Morgan fingerprint density at radius 3 is 2.12 bits per heavy atom. The summed E-state index contributed by atoms with van der Waals surface area (Å²) >= 11 is 0. The molecule has 33 heavy (non-hydrogen) atoms. The molecule has 0 aliphatic heterocycles. The molecule has 0 saturated carbocycles. The van der Waals surface area contributed by atoms with E-state index >= 15 is 0 Å². The van der Waals surface area contributed by atoms with Crippen molar-refractivity contribution in [3.8, 4) is 5.75 Å². The minimum Gasteiger partial charge on any atom is -0.377 e. The van der Waals surface area contributed by atoms with Gasteiger partial charge in [-0.15, -0.1) is 0 Å². The van der Waals surface area contributed by atoms with Crippen molar-refractivity contribution in [2.24, 2.45) is 0 Å². The Bertz CT molecular complexity index is 1330. The second kappa shape index (κ2) is 9.30. The highest BCUT2D eigenvalue weighted by molar-refractivity contribution is 5.49. The molecular formula is C25H19F3N2O3. The number of anilines is 1. The molecule has 168 valence electrons. The molecule has 8 heteroatoms. The van der Waals surface area contributed by atoms with Gasteiger partial charge in [0.05, 0.1) is 17.3 Å². The van der Waals surface area contributed by atoms with Crippen molar-refractivity contribution in [2.75, 3.05) is 5.48 Å². The second-order valence-corrected chi connectivity index (χ2v) is 7.52. The number of para-hydroxylation sites is 1. The SMILES string of the molecule is C[C@@H](NC(c1ccc(F)cc1)c1c(ONc2ccccc2)c(=O)c1=O)c1ccc(F)c(F)c1. The molecule has 0 spiro atoms. The van der Waals surface area contributed by atoms with Crippen LogP contribution in [-0.2, 0) is 0 Å². The Hall–Kier alpha value is -3.91. The summed E-state index contributed by atoms with van der Waals surface area (Å²) in [5.41, 5.74) is 2.60. The molecule has 0 amide bonds. The van der Waals surface area contributed by atoms with Crippen molar-refractivity contribution in [3.05, 3.63) is 127 Å². The van der Waals surface area contributed by atoms with Crippen LogP contribution in [-0.4, -0.2) is 0 Å². The van der Waals surface area contributed by atoms with E-state index in [1.165, 1.54) is 30.3 Å². The van der Waals surface area contributed by atoms with E-state index in [4.69, 9.17) is 4.84 Å². The van der Waals surface area contributed by atoms with E-state index in [-0.39, 0.29) is 11.3 Å². The van der Waals surface area contributed by atoms with Crippen LogP contribution in [0.15, 0.2) is 82.4 Å². The third-order valence-corrected chi connectivity index (χ3v) is 5.30.